The van der Waals surface area contributed by atoms with Gasteiger partial charge in [0.15, 0.2) is 0 Å². The molecule has 7 heteroatoms. The van der Waals surface area contributed by atoms with Gasteiger partial charge in [0, 0.05) is 30.3 Å². The van der Waals surface area contributed by atoms with Crippen LogP contribution in [0.15, 0.2) is 48.5 Å². The summed E-state index contributed by atoms with van der Waals surface area (Å²) in [5.41, 5.74) is 7.20. The summed E-state index contributed by atoms with van der Waals surface area (Å²) >= 11 is 0. The van der Waals surface area contributed by atoms with E-state index in [4.69, 9.17) is 15.2 Å². The highest BCUT2D eigenvalue weighted by atomic mass is 16.6. The minimum Gasteiger partial charge on any atom is -0.462 e. The lowest BCUT2D eigenvalue weighted by Crippen LogP contribution is -2.46. The van der Waals surface area contributed by atoms with Crippen molar-refractivity contribution in [3.63, 3.8) is 0 Å². The summed E-state index contributed by atoms with van der Waals surface area (Å²) in [4.78, 5) is 27.0. The van der Waals surface area contributed by atoms with Crippen molar-refractivity contribution >= 4 is 11.8 Å². The third-order valence-electron chi connectivity index (χ3n) is 5.95. The molecule has 7 nitrogen and oxygen atoms in total. The molecule has 0 aromatic heterocycles. The number of hydrogen-bond acceptors (Lipinski definition) is 5. The lowest BCUT2D eigenvalue weighted by atomic mass is 9.93. The molecule has 2 aromatic rings. The van der Waals surface area contributed by atoms with Crippen molar-refractivity contribution < 1.29 is 24.2 Å². The van der Waals surface area contributed by atoms with Crippen molar-refractivity contribution in [2.45, 2.75) is 38.1 Å². The summed E-state index contributed by atoms with van der Waals surface area (Å²) in [5, 5.41) is 11.1. The third-order valence-corrected chi connectivity index (χ3v) is 5.95. The summed E-state index contributed by atoms with van der Waals surface area (Å²) < 4.78 is 11.3. The van der Waals surface area contributed by atoms with Gasteiger partial charge in [0.2, 0.25) is 18.1 Å². The Kier molecular flexibility index (Phi) is 5.74. The molecule has 2 aromatic carbocycles. The van der Waals surface area contributed by atoms with E-state index < -0.39 is 18.2 Å². The van der Waals surface area contributed by atoms with Gasteiger partial charge in [-0.25, -0.2) is 0 Å². The van der Waals surface area contributed by atoms with Crippen molar-refractivity contribution in [2.75, 3.05) is 13.2 Å². The molecular formula is C23H26N2O5. The number of rotatable bonds is 3. The lowest BCUT2D eigenvalue weighted by molar-refractivity contribution is -0.153. The molecule has 0 saturated carbocycles. The van der Waals surface area contributed by atoms with Crippen LogP contribution >= 0.6 is 0 Å². The average molecular weight is 410 g/mol. The Morgan fingerprint density at radius 1 is 1.10 bits per heavy atom. The molecule has 2 heterocycles. The maximum atomic E-state index is 13.7. The highest BCUT2D eigenvalue weighted by molar-refractivity contribution is 5.93. The van der Waals surface area contributed by atoms with Gasteiger partial charge in [-0.3, -0.25) is 9.59 Å². The Hall–Kier alpha value is -2.90. The topological polar surface area (TPSA) is 102 Å². The summed E-state index contributed by atoms with van der Waals surface area (Å²) in [6.07, 6.45) is -0.00914. The third kappa shape index (κ3) is 3.78. The maximum absolute atomic E-state index is 13.7. The first-order chi connectivity index (χ1) is 14.5. The first-order valence-corrected chi connectivity index (χ1v) is 10.2. The van der Waals surface area contributed by atoms with E-state index in [0.717, 1.165) is 11.1 Å². The molecular weight excluding hydrogens is 384 g/mol. The van der Waals surface area contributed by atoms with Crippen LogP contribution in [-0.2, 0) is 9.53 Å². The van der Waals surface area contributed by atoms with Crippen LogP contribution in [0, 0.1) is 5.92 Å². The number of carbonyl (C=O) groups excluding carboxylic acids is 2. The molecule has 3 N–H and O–H groups in total. The van der Waals surface area contributed by atoms with Crippen molar-refractivity contribution in [3.8, 4) is 5.75 Å². The first-order valence-electron chi connectivity index (χ1n) is 10.2. The molecule has 158 valence electrons. The second-order valence-corrected chi connectivity index (χ2v) is 7.79. The minimum atomic E-state index is -1.30. The van der Waals surface area contributed by atoms with Gasteiger partial charge >= 0.3 is 0 Å². The van der Waals surface area contributed by atoms with Gasteiger partial charge in [-0.2, -0.15) is 0 Å². The van der Waals surface area contributed by atoms with E-state index in [1.54, 1.807) is 17.0 Å². The van der Waals surface area contributed by atoms with Gasteiger partial charge in [-0.15, -0.1) is 0 Å². The van der Waals surface area contributed by atoms with Crippen molar-refractivity contribution in [2.24, 2.45) is 11.7 Å². The normalized spacial score (nSPS) is 24.5. The molecule has 0 spiro atoms. The zero-order valence-corrected chi connectivity index (χ0v) is 16.9. The second kappa shape index (κ2) is 8.45. The smallest absolute Gasteiger partial charge is 0.248 e. The van der Waals surface area contributed by atoms with Crippen molar-refractivity contribution in [1.82, 2.24) is 4.90 Å². The highest BCUT2D eigenvalue weighted by Gasteiger charge is 2.42. The molecule has 4 rings (SSSR count). The molecule has 2 amide bonds. The van der Waals surface area contributed by atoms with Crippen LogP contribution in [0.2, 0.25) is 0 Å². The molecule has 0 bridgehead atoms. The monoisotopic (exact) mass is 410 g/mol. The lowest BCUT2D eigenvalue weighted by Gasteiger charge is -2.39. The number of aliphatic hydroxyl groups is 1. The number of fused-ring (bicyclic) bond motifs is 1. The van der Waals surface area contributed by atoms with Crippen LogP contribution in [0.25, 0.3) is 0 Å². The number of primary amides is 1. The van der Waals surface area contributed by atoms with Crippen LogP contribution in [0.1, 0.15) is 53.3 Å². The number of nitrogens with zero attached hydrogens (tertiary/aromatic N) is 1. The molecule has 0 radical (unpaired) electrons. The van der Waals surface area contributed by atoms with E-state index in [1.807, 2.05) is 37.3 Å². The molecule has 3 unspecified atom stereocenters. The summed E-state index contributed by atoms with van der Waals surface area (Å²) in [6.45, 7) is 3.01. The number of amides is 2. The fourth-order valence-corrected chi connectivity index (χ4v) is 4.32. The fourth-order valence-electron chi connectivity index (χ4n) is 4.32. The number of hydrogen-bond donors (Lipinski definition) is 2. The van der Waals surface area contributed by atoms with Crippen molar-refractivity contribution in [3.05, 3.63) is 65.2 Å². The molecule has 3 atom stereocenters. The Bertz CT molecular complexity index is 926. The molecule has 2 aliphatic rings. The predicted molar refractivity (Wildman–Crippen MR) is 110 cm³/mol. The van der Waals surface area contributed by atoms with Gasteiger partial charge in [0.25, 0.3) is 0 Å². The van der Waals surface area contributed by atoms with Gasteiger partial charge < -0.3 is 25.2 Å². The van der Waals surface area contributed by atoms with E-state index in [9.17, 15) is 14.7 Å². The zero-order valence-electron chi connectivity index (χ0n) is 16.9. The number of benzene rings is 2. The highest BCUT2D eigenvalue weighted by Crippen LogP contribution is 2.42. The minimum absolute atomic E-state index is 0.0332. The average Bonchev–Trinajstić information content (AvgIpc) is 2.87. The van der Waals surface area contributed by atoms with Crippen molar-refractivity contribution in [1.29, 1.82) is 0 Å². The van der Waals surface area contributed by atoms with E-state index >= 15 is 0 Å². The molecule has 1 fully saturated rings. The maximum Gasteiger partial charge on any atom is 0.248 e. The molecule has 30 heavy (non-hydrogen) atoms. The van der Waals surface area contributed by atoms with E-state index in [-0.39, 0.29) is 23.4 Å². The Morgan fingerprint density at radius 2 is 1.80 bits per heavy atom. The Morgan fingerprint density at radius 3 is 2.47 bits per heavy atom. The van der Waals surface area contributed by atoms with Gasteiger partial charge in [-0.1, -0.05) is 36.4 Å². The van der Waals surface area contributed by atoms with Crippen LogP contribution in [0.3, 0.4) is 0 Å². The molecule has 2 aliphatic heterocycles. The number of aliphatic hydroxyl groups excluding tert-OH is 1. The second-order valence-electron chi connectivity index (χ2n) is 7.79. The van der Waals surface area contributed by atoms with Gasteiger partial charge in [0.05, 0.1) is 6.04 Å². The summed E-state index contributed by atoms with van der Waals surface area (Å²) in [6, 6.07) is 13.2. The number of carbonyl (C=O) groups is 2. The van der Waals surface area contributed by atoms with E-state index in [0.29, 0.717) is 31.8 Å². The predicted octanol–water partition coefficient (Wildman–Crippen LogP) is 2.55. The zero-order chi connectivity index (χ0) is 21.3. The molecule has 0 aliphatic carbocycles. The quantitative estimate of drug-likeness (QED) is 0.810. The SMILES string of the molecule is CC1c2ccc(C(N)=O)cc2OC(O)C(c2ccccc2)N1C(=O)C1CCOCC1. The summed E-state index contributed by atoms with van der Waals surface area (Å²) in [5.74, 6) is -0.433. The Labute approximate surface area is 175 Å². The largest absolute Gasteiger partial charge is 0.462 e. The fraction of sp³-hybridized carbons (Fsp3) is 0.391. The number of nitrogens with two attached hydrogens (primary N) is 1. The van der Waals surface area contributed by atoms with Crippen LogP contribution < -0.4 is 10.5 Å². The van der Waals surface area contributed by atoms with Crippen LogP contribution in [0.5, 0.6) is 5.75 Å². The Balaban J connectivity index is 1.80. The van der Waals surface area contributed by atoms with E-state index in [2.05, 4.69) is 0 Å². The van der Waals surface area contributed by atoms with E-state index in [1.165, 1.54) is 6.07 Å². The number of ether oxygens (including phenoxy) is 2. The van der Waals surface area contributed by atoms with Gasteiger partial charge in [0.1, 0.15) is 11.8 Å². The van der Waals surface area contributed by atoms with Crippen LogP contribution in [-0.4, -0.2) is 41.3 Å². The molecule has 1 saturated heterocycles. The summed E-state index contributed by atoms with van der Waals surface area (Å²) in [7, 11) is 0. The van der Waals surface area contributed by atoms with Gasteiger partial charge in [-0.05, 0) is 37.5 Å². The standard InChI is InChI=1S/C23H26N2O5/c1-14-18-8-7-17(21(24)26)13-19(18)30-23(28)20(15-5-3-2-4-6-15)25(14)22(27)16-9-11-29-12-10-16/h2-8,13-14,16,20,23,28H,9-12H2,1H3,(H2,24,26). The van der Waals surface area contributed by atoms with Crippen LogP contribution in [0.4, 0.5) is 0 Å². The first kappa shape index (κ1) is 20.4.